The molecule has 2 N–H and O–H groups in total. The SMILES string of the molecule is CCCNCC1CCCN(S(=O)(=O)NCC2CCOC2)C1. The van der Waals surface area contributed by atoms with E-state index < -0.39 is 10.2 Å². The zero-order valence-corrected chi connectivity index (χ0v) is 13.8. The number of piperidine rings is 1. The first kappa shape index (κ1) is 17.1. The number of nitrogens with zero attached hydrogens (tertiary/aromatic N) is 1. The molecule has 2 atom stereocenters. The highest BCUT2D eigenvalue weighted by molar-refractivity contribution is 7.87. The van der Waals surface area contributed by atoms with Gasteiger partial charge in [0.25, 0.3) is 10.2 Å². The Morgan fingerprint density at radius 3 is 2.81 bits per heavy atom. The smallest absolute Gasteiger partial charge is 0.279 e. The van der Waals surface area contributed by atoms with Gasteiger partial charge < -0.3 is 10.1 Å². The fourth-order valence-electron chi connectivity index (χ4n) is 2.95. The average molecular weight is 319 g/mol. The van der Waals surface area contributed by atoms with Gasteiger partial charge in [0.05, 0.1) is 6.61 Å². The number of hydrogen-bond donors (Lipinski definition) is 2. The first-order valence-electron chi connectivity index (χ1n) is 8.15. The molecule has 0 aliphatic carbocycles. The molecule has 2 saturated heterocycles. The summed E-state index contributed by atoms with van der Waals surface area (Å²) >= 11 is 0. The number of hydrogen-bond acceptors (Lipinski definition) is 4. The summed E-state index contributed by atoms with van der Waals surface area (Å²) < 4.78 is 34.4. The van der Waals surface area contributed by atoms with E-state index in [1.54, 1.807) is 4.31 Å². The summed E-state index contributed by atoms with van der Waals surface area (Å²) in [6, 6.07) is 0. The molecule has 0 aromatic heterocycles. The molecule has 2 unspecified atom stereocenters. The lowest BCUT2D eigenvalue weighted by Gasteiger charge is -2.32. The average Bonchev–Trinajstić information content (AvgIpc) is 2.99. The molecule has 2 aliphatic rings. The van der Waals surface area contributed by atoms with Crippen LogP contribution in [0.5, 0.6) is 0 Å². The number of ether oxygens (including phenoxy) is 1. The van der Waals surface area contributed by atoms with Gasteiger partial charge in [-0.2, -0.15) is 12.7 Å². The van der Waals surface area contributed by atoms with E-state index in [1.807, 2.05) is 0 Å². The summed E-state index contributed by atoms with van der Waals surface area (Å²) in [7, 11) is -3.33. The third-order valence-corrected chi connectivity index (χ3v) is 5.80. The standard InChI is InChI=1S/C14H29N3O3S/c1-2-6-15-9-13-4-3-7-17(11-13)21(18,19)16-10-14-5-8-20-12-14/h13-16H,2-12H2,1H3. The van der Waals surface area contributed by atoms with Crippen LogP contribution in [0.3, 0.4) is 0 Å². The topological polar surface area (TPSA) is 70.7 Å². The Bertz CT molecular complexity index is 396. The van der Waals surface area contributed by atoms with Crippen molar-refractivity contribution in [3.63, 3.8) is 0 Å². The second-order valence-corrected chi connectivity index (χ2v) is 7.91. The van der Waals surface area contributed by atoms with E-state index in [0.717, 1.165) is 45.4 Å². The first-order valence-corrected chi connectivity index (χ1v) is 9.59. The third-order valence-electron chi connectivity index (χ3n) is 4.26. The summed E-state index contributed by atoms with van der Waals surface area (Å²) in [6.07, 6.45) is 4.12. The van der Waals surface area contributed by atoms with Gasteiger partial charge in [0.15, 0.2) is 0 Å². The highest BCUT2D eigenvalue weighted by Crippen LogP contribution is 2.18. The number of rotatable bonds is 8. The molecule has 0 saturated carbocycles. The van der Waals surface area contributed by atoms with Gasteiger partial charge in [0.1, 0.15) is 0 Å². The lowest BCUT2D eigenvalue weighted by atomic mass is 10.00. The summed E-state index contributed by atoms with van der Waals surface area (Å²) in [4.78, 5) is 0. The maximum Gasteiger partial charge on any atom is 0.279 e. The van der Waals surface area contributed by atoms with Crippen LogP contribution in [-0.4, -0.2) is 58.7 Å². The molecule has 0 aromatic carbocycles. The highest BCUT2D eigenvalue weighted by atomic mass is 32.2. The van der Waals surface area contributed by atoms with Crippen LogP contribution >= 0.6 is 0 Å². The van der Waals surface area contributed by atoms with Crippen LogP contribution in [-0.2, 0) is 14.9 Å². The van der Waals surface area contributed by atoms with Crippen LogP contribution in [0.1, 0.15) is 32.6 Å². The lowest BCUT2D eigenvalue weighted by Crippen LogP contribution is -2.48. The Kier molecular flexibility index (Phi) is 6.88. The van der Waals surface area contributed by atoms with Crippen molar-refractivity contribution >= 4 is 10.2 Å². The largest absolute Gasteiger partial charge is 0.381 e. The lowest BCUT2D eigenvalue weighted by molar-refractivity contribution is 0.186. The second-order valence-electron chi connectivity index (χ2n) is 6.15. The fourth-order valence-corrected chi connectivity index (χ4v) is 4.36. The van der Waals surface area contributed by atoms with Gasteiger partial charge in [-0.25, -0.2) is 4.72 Å². The van der Waals surface area contributed by atoms with Crippen molar-refractivity contribution in [1.29, 1.82) is 0 Å². The molecule has 0 spiro atoms. The molecular weight excluding hydrogens is 290 g/mol. The molecule has 0 radical (unpaired) electrons. The Morgan fingerprint density at radius 2 is 2.10 bits per heavy atom. The van der Waals surface area contributed by atoms with Crippen molar-refractivity contribution < 1.29 is 13.2 Å². The van der Waals surface area contributed by atoms with Crippen molar-refractivity contribution in [3.05, 3.63) is 0 Å². The van der Waals surface area contributed by atoms with Crippen LogP contribution in [0, 0.1) is 11.8 Å². The quantitative estimate of drug-likeness (QED) is 0.642. The van der Waals surface area contributed by atoms with Gasteiger partial charge >= 0.3 is 0 Å². The van der Waals surface area contributed by atoms with Crippen molar-refractivity contribution in [1.82, 2.24) is 14.3 Å². The number of nitrogens with one attached hydrogen (secondary N) is 2. The fraction of sp³-hybridized carbons (Fsp3) is 1.00. The van der Waals surface area contributed by atoms with E-state index in [9.17, 15) is 8.42 Å². The van der Waals surface area contributed by atoms with Crippen molar-refractivity contribution in [2.24, 2.45) is 11.8 Å². The van der Waals surface area contributed by atoms with Gasteiger partial charge in [0.2, 0.25) is 0 Å². The normalized spacial score (nSPS) is 28.0. The summed E-state index contributed by atoms with van der Waals surface area (Å²) in [5.41, 5.74) is 0. The second kappa shape index (κ2) is 8.43. The van der Waals surface area contributed by atoms with Gasteiger partial charge in [-0.15, -0.1) is 0 Å². The monoisotopic (exact) mass is 319 g/mol. The van der Waals surface area contributed by atoms with Gasteiger partial charge in [-0.3, -0.25) is 0 Å². The van der Waals surface area contributed by atoms with Crippen molar-refractivity contribution in [2.75, 3.05) is 45.9 Å². The van der Waals surface area contributed by atoms with E-state index in [-0.39, 0.29) is 0 Å². The molecule has 0 aromatic rings. The highest BCUT2D eigenvalue weighted by Gasteiger charge is 2.29. The van der Waals surface area contributed by atoms with E-state index in [0.29, 0.717) is 38.1 Å². The summed E-state index contributed by atoms with van der Waals surface area (Å²) in [6.45, 7) is 7.25. The predicted molar refractivity (Wildman–Crippen MR) is 83.3 cm³/mol. The van der Waals surface area contributed by atoms with Gasteiger partial charge in [-0.05, 0) is 50.6 Å². The predicted octanol–water partition coefficient (Wildman–Crippen LogP) is 0.569. The zero-order chi connectivity index (χ0) is 15.1. The Hall–Kier alpha value is -0.210. The minimum absolute atomic E-state index is 0.326. The zero-order valence-electron chi connectivity index (χ0n) is 13.0. The van der Waals surface area contributed by atoms with Gasteiger partial charge in [-0.1, -0.05) is 6.92 Å². The molecule has 2 aliphatic heterocycles. The molecule has 6 nitrogen and oxygen atoms in total. The summed E-state index contributed by atoms with van der Waals surface area (Å²) in [5, 5.41) is 3.40. The first-order chi connectivity index (χ1) is 10.1. The van der Waals surface area contributed by atoms with Crippen LogP contribution in [0.25, 0.3) is 0 Å². The molecule has 124 valence electrons. The van der Waals surface area contributed by atoms with Crippen LogP contribution in [0.2, 0.25) is 0 Å². The minimum Gasteiger partial charge on any atom is -0.381 e. The van der Waals surface area contributed by atoms with E-state index >= 15 is 0 Å². The molecule has 2 rings (SSSR count). The maximum absolute atomic E-state index is 12.4. The van der Waals surface area contributed by atoms with E-state index in [1.165, 1.54) is 0 Å². The minimum atomic E-state index is -3.33. The molecule has 7 heteroatoms. The van der Waals surface area contributed by atoms with E-state index in [2.05, 4.69) is 17.0 Å². The maximum atomic E-state index is 12.4. The van der Waals surface area contributed by atoms with Crippen LogP contribution in [0.15, 0.2) is 0 Å². The van der Waals surface area contributed by atoms with E-state index in [4.69, 9.17) is 4.74 Å². The van der Waals surface area contributed by atoms with Crippen LogP contribution < -0.4 is 10.0 Å². The van der Waals surface area contributed by atoms with Crippen LogP contribution in [0.4, 0.5) is 0 Å². The molecular formula is C14H29N3O3S. The molecule has 2 heterocycles. The molecule has 0 bridgehead atoms. The third kappa shape index (κ3) is 5.49. The van der Waals surface area contributed by atoms with Crippen molar-refractivity contribution in [3.8, 4) is 0 Å². The molecule has 2 fully saturated rings. The Morgan fingerprint density at radius 1 is 1.24 bits per heavy atom. The Balaban J connectivity index is 1.77. The van der Waals surface area contributed by atoms with Gasteiger partial charge in [0, 0.05) is 26.2 Å². The van der Waals surface area contributed by atoms with Crippen molar-refractivity contribution in [2.45, 2.75) is 32.6 Å². The summed E-state index contributed by atoms with van der Waals surface area (Å²) in [5.74, 6) is 0.753. The Labute approximate surface area is 128 Å². The molecule has 21 heavy (non-hydrogen) atoms. The molecule has 0 amide bonds.